The van der Waals surface area contributed by atoms with Crippen LogP contribution < -0.4 is 20.7 Å². The zero-order valence-corrected chi connectivity index (χ0v) is 14.3. The molecule has 5 nitrogen and oxygen atoms in total. The van der Waals surface area contributed by atoms with Gasteiger partial charge >= 0.3 is 0 Å². The molecule has 0 bridgehead atoms. The van der Waals surface area contributed by atoms with E-state index in [1.807, 2.05) is 6.07 Å². The summed E-state index contributed by atoms with van der Waals surface area (Å²) in [4.78, 5) is 12.8. The smallest absolute Gasteiger partial charge is 0.211 e. The molecule has 0 spiro atoms. The van der Waals surface area contributed by atoms with Gasteiger partial charge in [-0.05, 0) is 39.0 Å². The standard InChI is InChI=1S/C16H22FN3O2.ClH/c1-16(2,3)20-9-15(11(7-17)8-18)22-14-5-4-12(19-10-21)6-13(14)20;/h4-7,10,15H,8-9,18H2,1-3H3,(H,19,21);1H/b11-7+;. The first kappa shape index (κ1) is 19.3. The number of nitrogens with two attached hydrogens (primary N) is 1. The number of fused-ring (bicyclic) bond motifs is 1. The van der Waals surface area contributed by atoms with Crippen LogP contribution in [-0.2, 0) is 4.79 Å². The van der Waals surface area contributed by atoms with Crippen LogP contribution in [0.3, 0.4) is 0 Å². The number of rotatable bonds is 4. The van der Waals surface area contributed by atoms with Crippen molar-refractivity contribution in [3.05, 3.63) is 30.1 Å². The van der Waals surface area contributed by atoms with Crippen LogP contribution in [0, 0.1) is 0 Å². The fraction of sp³-hybridized carbons (Fsp3) is 0.438. The number of amides is 1. The van der Waals surface area contributed by atoms with E-state index >= 15 is 0 Å². The second-order valence-electron chi connectivity index (χ2n) is 6.22. The van der Waals surface area contributed by atoms with Crippen molar-refractivity contribution in [3.8, 4) is 5.75 Å². The summed E-state index contributed by atoms with van der Waals surface area (Å²) in [7, 11) is 0. The molecule has 0 radical (unpaired) electrons. The molecule has 23 heavy (non-hydrogen) atoms. The second-order valence-corrected chi connectivity index (χ2v) is 6.22. The molecule has 3 N–H and O–H groups in total. The third kappa shape index (κ3) is 4.14. The first-order valence-electron chi connectivity index (χ1n) is 7.18. The Bertz CT molecular complexity index is 587. The lowest BCUT2D eigenvalue weighted by atomic mass is 9.99. The predicted octanol–water partition coefficient (Wildman–Crippen LogP) is 2.85. The number of hydrogen-bond acceptors (Lipinski definition) is 4. The first-order chi connectivity index (χ1) is 10.4. The number of carbonyl (C=O) groups excluding carboxylic acids is 1. The van der Waals surface area contributed by atoms with E-state index in [-0.39, 0.29) is 24.5 Å². The Balaban J connectivity index is 0.00000264. The van der Waals surface area contributed by atoms with Gasteiger partial charge in [0.05, 0.1) is 18.6 Å². The highest BCUT2D eigenvalue weighted by molar-refractivity contribution is 5.85. The van der Waals surface area contributed by atoms with E-state index in [0.29, 0.717) is 36.3 Å². The maximum Gasteiger partial charge on any atom is 0.211 e. The Morgan fingerprint density at radius 1 is 1.52 bits per heavy atom. The van der Waals surface area contributed by atoms with Gasteiger partial charge in [0.25, 0.3) is 0 Å². The van der Waals surface area contributed by atoms with Crippen molar-refractivity contribution in [1.29, 1.82) is 0 Å². The minimum Gasteiger partial charge on any atom is -0.482 e. The zero-order valence-electron chi connectivity index (χ0n) is 13.5. The van der Waals surface area contributed by atoms with Crippen molar-refractivity contribution >= 4 is 30.2 Å². The van der Waals surface area contributed by atoms with E-state index in [0.717, 1.165) is 5.69 Å². The SMILES string of the molecule is CC(C)(C)N1CC(/C(=C/F)CN)Oc2ccc(NC=O)cc21.Cl. The number of anilines is 2. The van der Waals surface area contributed by atoms with Crippen LogP contribution in [-0.4, -0.2) is 31.1 Å². The quantitative estimate of drug-likeness (QED) is 0.825. The Morgan fingerprint density at radius 3 is 2.74 bits per heavy atom. The summed E-state index contributed by atoms with van der Waals surface area (Å²) in [6.07, 6.45) is 0.735. The third-order valence-electron chi connectivity index (χ3n) is 3.69. The summed E-state index contributed by atoms with van der Waals surface area (Å²) in [5.41, 5.74) is 7.39. The highest BCUT2D eigenvalue weighted by atomic mass is 35.5. The molecule has 1 amide bonds. The lowest BCUT2D eigenvalue weighted by Gasteiger charge is -2.44. The van der Waals surface area contributed by atoms with Gasteiger partial charge < -0.3 is 20.7 Å². The van der Waals surface area contributed by atoms with E-state index in [4.69, 9.17) is 10.5 Å². The van der Waals surface area contributed by atoms with Crippen LogP contribution in [0.1, 0.15) is 20.8 Å². The van der Waals surface area contributed by atoms with Crippen LogP contribution in [0.5, 0.6) is 5.75 Å². The van der Waals surface area contributed by atoms with Crippen molar-refractivity contribution in [3.63, 3.8) is 0 Å². The highest BCUT2D eigenvalue weighted by Crippen LogP contribution is 2.40. The molecule has 2 rings (SSSR count). The van der Waals surface area contributed by atoms with E-state index < -0.39 is 6.10 Å². The summed E-state index contributed by atoms with van der Waals surface area (Å²) in [6, 6.07) is 5.38. The summed E-state index contributed by atoms with van der Waals surface area (Å²) in [5.74, 6) is 0.649. The predicted molar refractivity (Wildman–Crippen MR) is 93.1 cm³/mol. The van der Waals surface area contributed by atoms with Gasteiger partial charge in [-0.2, -0.15) is 0 Å². The minimum absolute atomic E-state index is 0. The minimum atomic E-state index is -0.424. The molecule has 1 heterocycles. The number of benzene rings is 1. The van der Waals surface area contributed by atoms with Crippen LogP contribution >= 0.6 is 12.4 Å². The topological polar surface area (TPSA) is 67.6 Å². The summed E-state index contributed by atoms with van der Waals surface area (Å²) >= 11 is 0. The number of nitrogens with zero attached hydrogens (tertiary/aromatic N) is 1. The Morgan fingerprint density at radius 2 is 2.22 bits per heavy atom. The summed E-state index contributed by atoms with van der Waals surface area (Å²) in [6.45, 7) is 6.81. The molecule has 1 atom stereocenters. The lowest BCUT2D eigenvalue weighted by molar-refractivity contribution is -0.105. The molecule has 128 valence electrons. The molecule has 7 heteroatoms. The van der Waals surface area contributed by atoms with Crippen molar-refractivity contribution in [2.75, 3.05) is 23.3 Å². The van der Waals surface area contributed by atoms with Crippen LogP contribution in [0.2, 0.25) is 0 Å². The van der Waals surface area contributed by atoms with E-state index in [1.165, 1.54) is 0 Å². The van der Waals surface area contributed by atoms with E-state index in [2.05, 4.69) is 31.0 Å². The summed E-state index contributed by atoms with van der Waals surface area (Å²) < 4.78 is 18.9. The van der Waals surface area contributed by atoms with Gasteiger partial charge in [0.1, 0.15) is 11.9 Å². The van der Waals surface area contributed by atoms with Crippen molar-refractivity contribution in [1.82, 2.24) is 0 Å². The maximum atomic E-state index is 13.0. The number of hydrogen-bond donors (Lipinski definition) is 2. The van der Waals surface area contributed by atoms with Gasteiger partial charge in [-0.15, -0.1) is 12.4 Å². The third-order valence-corrected chi connectivity index (χ3v) is 3.69. The van der Waals surface area contributed by atoms with Crippen LogP contribution in [0.4, 0.5) is 15.8 Å². The molecule has 0 aliphatic carbocycles. The molecule has 1 unspecified atom stereocenters. The first-order valence-corrected chi connectivity index (χ1v) is 7.18. The number of carbonyl (C=O) groups is 1. The average Bonchev–Trinajstić information content (AvgIpc) is 2.47. The Kier molecular flexibility index (Phi) is 6.41. The number of nitrogens with one attached hydrogen (secondary N) is 1. The molecular weight excluding hydrogens is 321 g/mol. The van der Waals surface area contributed by atoms with Crippen molar-refractivity contribution < 1.29 is 13.9 Å². The fourth-order valence-electron chi connectivity index (χ4n) is 2.51. The Hall–Kier alpha value is -1.79. The fourth-order valence-corrected chi connectivity index (χ4v) is 2.51. The molecule has 0 aromatic heterocycles. The second kappa shape index (κ2) is 7.66. The molecule has 0 saturated heterocycles. The van der Waals surface area contributed by atoms with Gasteiger partial charge in [-0.25, -0.2) is 4.39 Å². The van der Waals surface area contributed by atoms with Gasteiger partial charge in [0.2, 0.25) is 6.41 Å². The molecule has 1 aromatic rings. The van der Waals surface area contributed by atoms with Crippen LogP contribution in [0.15, 0.2) is 30.1 Å². The monoisotopic (exact) mass is 343 g/mol. The lowest BCUT2D eigenvalue weighted by Crippen LogP contribution is -2.51. The van der Waals surface area contributed by atoms with Crippen molar-refractivity contribution in [2.45, 2.75) is 32.4 Å². The molecule has 1 aliphatic rings. The summed E-state index contributed by atoms with van der Waals surface area (Å²) in [5, 5.41) is 2.63. The maximum absolute atomic E-state index is 13.0. The molecule has 0 fully saturated rings. The van der Waals surface area contributed by atoms with E-state index in [9.17, 15) is 9.18 Å². The normalized spacial score (nSPS) is 17.7. The number of halogens is 2. The number of ether oxygens (including phenoxy) is 1. The van der Waals surface area contributed by atoms with Gasteiger partial charge in [0, 0.05) is 23.3 Å². The molecular formula is C16H23ClFN3O2. The van der Waals surface area contributed by atoms with Crippen LogP contribution in [0.25, 0.3) is 0 Å². The molecule has 1 aliphatic heterocycles. The molecule has 0 saturated carbocycles. The average molecular weight is 344 g/mol. The molecule has 1 aromatic carbocycles. The zero-order chi connectivity index (χ0) is 16.3. The van der Waals surface area contributed by atoms with Crippen molar-refractivity contribution in [2.24, 2.45) is 5.73 Å². The Labute approximate surface area is 142 Å². The highest BCUT2D eigenvalue weighted by Gasteiger charge is 2.34. The van der Waals surface area contributed by atoms with E-state index in [1.54, 1.807) is 12.1 Å². The largest absolute Gasteiger partial charge is 0.482 e. The van der Waals surface area contributed by atoms with Gasteiger partial charge in [-0.1, -0.05) is 0 Å². The van der Waals surface area contributed by atoms with Gasteiger partial charge in [0.15, 0.2) is 0 Å². The van der Waals surface area contributed by atoms with Gasteiger partial charge in [-0.3, -0.25) is 4.79 Å².